The summed E-state index contributed by atoms with van der Waals surface area (Å²) in [6.45, 7) is 0.764. The first-order valence-corrected chi connectivity index (χ1v) is 3.65. The molecule has 0 radical (unpaired) electrons. The molecule has 10 heavy (non-hydrogen) atoms. The van der Waals surface area contributed by atoms with Crippen molar-refractivity contribution < 1.29 is 9.53 Å². The molecule has 58 valence electrons. The minimum Gasteiger partial charge on any atom is -0.372 e. The Morgan fingerprint density at radius 2 is 2.30 bits per heavy atom. The van der Waals surface area contributed by atoms with Crippen LogP contribution in [0.15, 0.2) is 0 Å². The van der Waals surface area contributed by atoms with Gasteiger partial charge in [-0.05, 0) is 12.3 Å². The van der Waals surface area contributed by atoms with E-state index >= 15 is 0 Å². The maximum Gasteiger partial charge on any atom is 0.243 e. The van der Waals surface area contributed by atoms with Crippen molar-refractivity contribution in [1.29, 1.82) is 0 Å². The van der Waals surface area contributed by atoms with Crippen molar-refractivity contribution in [3.63, 3.8) is 0 Å². The van der Waals surface area contributed by atoms with Crippen LogP contribution >= 0.6 is 0 Å². The van der Waals surface area contributed by atoms with Crippen LogP contribution in [0.1, 0.15) is 19.3 Å². The van der Waals surface area contributed by atoms with Gasteiger partial charge in [-0.1, -0.05) is 12.8 Å². The largest absolute Gasteiger partial charge is 0.372 e. The van der Waals surface area contributed by atoms with Crippen LogP contribution in [0.25, 0.3) is 0 Å². The highest BCUT2D eigenvalue weighted by atomic mass is 16.5. The maximum absolute atomic E-state index is 10.2. The van der Waals surface area contributed by atoms with Gasteiger partial charge in [0.05, 0.1) is 0 Å². The fourth-order valence-corrected chi connectivity index (χ4v) is 0.829. The first-order chi connectivity index (χ1) is 4.79. The van der Waals surface area contributed by atoms with Gasteiger partial charge in [0.2, 0.25) is 5.91 Å². The van der Waals surface area contributed by atoms with Gasteiger partial charge in [0.1, 0.15) is 6.61 Å². The van der Waals surface area contributed by atoms with Crippen LogP contribution in [-0.4, -0.2) is 19.1 Å². The van der Waals surface area contributed by atoms with Gasteiger partial charge >= 0.3 is 0 Å². The van der Waals surface area contributed by atoms with Gasteiger partial charge in [-0.25, -0.2) is 0 Å². The summed E-state index contributed by atoms with van der Waals surface area (Å²) in [5.41, 5.74) is 4.86. The van der Waals surface area contributed by atoms with Crippen LogP contribution in [0, 0.1) is 5.92 Å². The Bertz CT molecular complexity index is 121. The highest BCUT2D eigenvalue weighted by Gasteiger charge is 2.20. The Balaban J connectivity index is 1.80. The quantitative estimate of drug-likeness (QED) is 0.562. The Labute approximate surface area is 60.5 Å². The molecule has 0 aromatic carbocycles. The molecular weight excluding hydrogens is 130 g/mol. The summed E-state index contributed by atoms with van der Waals surface area (Å²) >= 11 is 0. The van der Waals surface area contributed by atoms with E-state index in [1.165, 1.54) is 12.8 Å². The number of amides is 1. The predicted octanol–water partition coefficient (Wildman–Crippen LogP) is 0.288. The van der Waals surface area contributed by atoms with Gasteiger partial charge in [-0.3, -0.25) is 4.79 Å². The summed E-state index contributed by atoms with van der Waals surface area (Å²) in [6, 6.07) is 0. The van der Waals surface area contributed by atoms with Gasteiger partial charge in [0.25, 0.3) is 0 Å². The van der Waals surface area contributed by atoms with Gasteiger partial charge in [-0.2, -0.15) is 0 Å². The second kappa shape index (κ2) is 3.56. The SMILES string of the molecule is NC(=O)COCCC1CC1. The number of primary amides is 1. The molecule has 0 aromatic heterocycles. The van der Waals surface area contributed by atoms with Crippen LogP contribution in [0.4, 0.5) is 0 Å². The van der Waals surface area contributed by atoms with Gasteiger partial charge < -0.3 is 10.5 Å². The van der Waals surface area contributed by atoms with E-state index in [1.807, 2.05) is 0 Å². The number of rotatable bonds is 5. The molecule has 0 heterocycles. The summed E-state index contributed by atoms with van der Waals surface area (Å²) in [7, 11) is 0. The van der Waals surface area contributed by atoms with Crippen molar-refractivity contribution in [3.05, 3.63) is 0 Å². The third-order valence-electron chi connectivity index (χ3n) is 1.61. The van der Waals surface area contributed by atoms with Crippen molar-refractivity contribution in [3.8, 4) is 0 Å². The fourth-order valence-electron chi connectivity index (χ4n) is 0.829. The summed E-state index contributed by atoms with van der Waals surface area (Å²) in [5.74, 6) is 0.490. The topological polar surface area (TPSA) is 52.3 Å². The Morgan fingerprint density at radius 1 is 1.60 bits per heavy atom. The van der Waals surface area contributed by atoms with E-state index in [2.05, 4.69) is 0 Å². The minimum atomic E-state index is -0.379. The molecule has 1 saturated carbocycles. The second-order valence-corrected chi connectivity index (χ2v) is 2.75. The molecule has 3 heteroatoms. The molecule has 0 saturated heterocycles. The third kappa shape index (κ3) is 3.45. The molecular formula is C7H13NO2. The van der Waals surface area contributed by atoms with Crippen molar-refractivity contribution in [2.24, 2.45) is 11.7 Å². The first kappa shape index (κ1) is 7.54. The van der Waals surface area contributed by atoms with Gasteiger partial charge in [-0.15, -0.1) is 0 Å². The van der Waals surface area contributed by atoms with E-state index in [1.54, 1.807) is 0 Å². The third-order valence-corrected chi connectivity index (χ3v) is 1.61. The van der Waals surface area contributed by atoms with E-state index in [0.717, 1.165) is 12.3 Å². The zero-order chi connectivity index (χ0) is 7.40. The molecule has 1 fully saturated rings. The molecule has 0 spiro atoms. The van der Waals surface area contributed by atoms with E-state index < -0.39 is 0 Å². The Kier molecular flexibility index (Phi) is 2.68. The van der Waals surface area contributed by atoms with Gasteiger partial charge in [0.15, 0.2) is 0 Å². The van der Waals surface area contributed by atoms with E-state index in [9.17, 15) is 4.79 Å². The van der Waals surface area contributed by atoms with Crippen LogP contribution in [0.3, 0.4) is 0 Å². The number of carbonyl (C=O) groups is 1. The fraction of sp³-hybridized carbons (Fsp3) is 0.857. The molecule has 1 rings (SSSR count). The van der Waals surface area contributed by atoms with Crippen molar-refractivity contribution in [2.75, 3.05) is 13.2 Å². The van der Waals surface area contributed by atoms with Crippen molar-refractivity contribution >= 4 is 5.91 Å². The van der Waals surface area contributed by atoms with Crippen LogP contribution in [-0.2, 0) is 9.53 Å². The summed E-state index contributed by atoms with van der Waals surface area (Å²) in [5, 5.41) is 0. The molecule has 0 bridgehead atoms. The molecule has 1 aliphatic rings. The number of hydrogen-bond acceptors (Lipinski definition) is 2. The molecule has 3 nitrogen and oxygen atoms in total. The smallest absolute Gasteiger partial charge is 0.243 e. The molecule has 2 N–H and O–H groups in total. The summed E-state index contributed by atoms with van der Waals surface area (Å²) in [4.78, 5) is 10.2. The molecule has 0 aromatic rings. The van der Waals surface area contributed by atoms with Crippen LogP contribution in [0.5, 0.6) is 0 Å². The number of nitrogens with two attached hydrogens (primary N) is 1. The van der Waals surface area contributed by atoms with Crippen LogP contribution < -0.4 is 5.73 Å². The van der Waals surface area contributed by atoms with E-state index in [4.69, 9.17) is 10.5 Å². The van der Waals surface area contributed by atoms with Crippen molar-refractivity contribution in [1.82, 2.24) is 0 Å². The molecule has 1 amide bonds. The molecule has 1 aliphatic carbocycles. The zero-order valence-electron chi connectivity index (χ0n) is 6.01. The Morgan fingerprint density at radius 3 is 2.80 bits per heavy atom. The lowest BCUT2D eigenvalue weighted by atomic mass is 10.3. The minimum absolute atomic E-state index is 0.0761. The average molecular weight is 143 g/mol. The lowest BCUT2D eigenvalue weighted by molar-refractivity contribution is -0.122. The highest BCUT2D eigenvalue weighted by molar-refractivity contribution is 5.74. The zero-order valence-corrected chi connectivity index (χ0v) is 6.01. The lowest BCUT2D eigenvalue weighted by Gasteiger charge is -1.98. The normalized spacial score (nSPS) is 17.2. The lowest BCUT2D eigenvalue weighted by Crippen LogP contribution is -2.18. The number of carbonyl (C=O) groups excluding carboxylic acids is 1. The number of hydrogen-bond donors (Lipinski definition) is 1. The summed E-state index contributed by atoms with van der Waals surface area (Å²) in [6.07, 6.45) is 3.76. The molecule has 0 atom stereocenters. The second-order valence-electron chi connectivity index (χ2n) is 2.75. The van der Waals surface area contributed by atoms with E-state index in [0.29, 0.717) is 6.61 Å². The van der Waals surface area contributed by atoms with Crippen molar-refractivity contribution in [2.45, 2.75) is 19.3 Å². The predicted molar refractivity (Wildman–Crippen MR) is 37.4 cm³/mol. The highest BCUT2D eigenvalue weighted by Crippen LogP contribution is 2.31. The standard InChI is InChI=1S/C7H13NO2/c8-7(9)5-10-4-3-6-1-2-6/h6H,1-5H2,(H2,8,9). The molecule has 0 unspecified atom stereocenters. The maximum atomic E-state index is 10.2. The van der Waals surface area contributed by atoms with Crippen LogP contribution in [0.2, 0.25) is 0 Å². The number of ether oxygens (including phenoxy) is 1. The first-order valence-electron chi connectivity index (χ1n) is 3.65. The summed E-state index contributed by atoms with van der Waals surface area (Å²) < 4.78 is 4.97. The monoisotopic (exact) mass is 143 g/mol. The van der Waals surface area contributed by atoms with Gasteiger partial charge in [0, 0.05) is 6.61 Å². The Hall–Kier alpha value is -0.570. The molecule has 0 aliphatic heterocycles. The average Bonchev–Trinajstić information content (AvgIpc) is 2.62. The van der Waals surface area contributed by atoms with E-state index in [-0.39, 0.29) is 12.5 Å².